The highest BCUT2D eigenvalue weighted by molar-refractivity contribution is 9.10. The van der Waals surface area contributed by atoms with Crippen LogP contribution in [0.2, 0.25) is 0 Å². The number of fused-ring (bicyclic) bond motifs is 1. The summed E-state index contributed by atoms with van der Waals surface area (Å²) in [5, 5.41) is 5.05. The van der Waals surface area contributed by atoms with E-state index in [0.717, 1.165) is 5.56 Å². The normalized spacial score (nSPS) is 11.7. The molecule has 0 bridgehead atoms. The standard InChI is InChI=1S/C20H18BrFN4O4/c1-12(13-4-6-14(22)7-5-13)24-17(27)9-23-18(28)11-30-20(29)16-10-26-8-2-3-15(21)19(26)25-16/h2-8,10,12H,9,11H2,1H3,(H,23,28)(H,24,27). The predicted molar refractivity (Wildman–Crippen MR) is 109 cm³/mol. The second-order valence-corrected chi connectivity index (χ2v) is 7.26. The Morgan fingerprint density at radius 2 is 1.93 bits per heavy atom. The van der Waals surface area contributed by atoms with Crippen molar-refractivity contribution in [3.63, 3.8) is 0 Å². The molecule has 30 heavy (non-hydrogen) atoms. The van der Waals surface area contributed by atoms with Crippen LogP contribution in [0.1, 0.15) is 29.0 Å². The Morgan fingerprint density at radius 1 is 1.20 bits per heavy atom. The maximum absolute atomic E-state index is 13.0. The molecule has 0 radical (unpaired) electrons. The van der Waals surface area contributed by atoms with Crippen molar-refractivity contribution in [2.45, 2.75) is 13.0 Å². The quantitative estimate of drug-likeness (QED) is 0.509. The van der Waals surface area contributed by atoms with Crippen LogP contribution in [-0.2, 0) is 14.3 Å². The minimum atomic E-state index is -0.755. The van der Waals surface area contributed by atoms with Crippen LogP contribution >= 0.6 is 15.9 Å². The lowest BCUT2D eigenvalue weighted by molar-refractivity contribution is -0.128. The SMILES string of the molecule is CC(NC(=O)CNC(=O)COC(=O)c1cn2cccc(Br)c2n1)c1ccc(F)cc1. The third kappa shape index (κ3) is 5.41. The zero-order valence-corrected chi connectivity index (χ0v) is 17.5. The number of pyridine rings is 1. The maximum atomic E-state index is 13.0. The molecule has 1 aromatic carbocycles. The molecule has 0 saturated heterocycles. The molecule has 0 fully saturated rings. The summed E-state index contributed by atoms with van der Waals surface area (Å²) in [6, 6.07) is 8.94. The van der Waals surface area contributed by atoms with Crippen LogP contribution < -0.4 is 10.6 Å². The van der Waals surface area contributed by atoms with Crippen LogP contribution in [0.5, 0.6) is 0 Å². The molecule has 3 rings (SSSR count). The Kier molecular flexibility index (Phi) is 6.78. The maximum Gasteiger partial charge on any atom is 0.359 e. The number of hydrogen-bond acceptors (Lipinski definition) is 5. The number of halogens is 2. The lowest BCUT2D eigenvalue weighted by Gasteiger charge is -2.14. The van der Waals surface area contributed by atoms with E-state index in [2.05, 4.69) is 31.5 Å². The number of hydrogen-bond donors (Lipinski definition) is 2. The molecule has 2 N–H and O–H groups in total. The number of benzene rings is 1. The molecular weight excluding hydrogens is 459 g/mol. The average molecular weight is 477 g/mol. The van der Waals surface area contributed by atoms with E-state index in [0.29, 0.717) is 10.1 Å². The van der Waals surface area contributed by atoms with Gasteiger partial charge in [-0.15, -0.1) is 0 Å². The fourth-order valence-electron chi connectivity index (χ4n) is 2.64. The van der Waals surface area contributed by atoms with Crippen molar-refractivity contribution < 1.29 is 23.5 Å². The average Bonchev–Trinajstić information content (AvgIpc) is 3.17. The minimum Gasteiger partial charge on any atom is -0.451 e. The van der Waals surface area contributed by atoms with E-state index in [-0.39, 0.29) is 24.1 Å². The topological polar surface area (TPSA) is 102 Å². The zero-order chi connectivity index (χ0) is 21.7. The van der Waals surface area contributed by atoms with Gasteiger partial charge in [0.15, 0.2) is 17.9 Å². The number of rotatable bonds is 7. The van der Waals surface area contributed by atoms with E-state index in [1.54, 1.807) is 41.8 Å². The van der Waals surface area contributed by atoms with Crippen molar-refractivity contribution in [1.29, 1.82) is 0 Å². The predicted octanol–water partition coefficient (Wildman–Crippen LogP) is 2.39. The number of carbonyl (C=O) groups excluding carboxylic acids is 3. The minimum absolute atomic E-state index is 0.0561. The molecule has 1 unspecified atom stereocenters. The zero-order valence-electron chi connectivity index (χ0n) is 15.9. The molecule has 0 aliphatic heterocycles. The van der Waals surface area contributed by atoms with Gasteiger partial charge in [-0.3, -0.25) is 9.59 Å². The molecule has 3 aromatic rings. The van der Waals surface area contributed by atoms with Crippen LogP contribution in [-0.4, -0.2) is 40.3 Å². The van der Waals surface area contributed by atoms with Gasteiger partial charge in [0.2, 0.25) is 5.91 Å². The number of esters is 1. The van der Waals surface area contributed by atoms with Crippen molar-refractivity contribution in [2.24, 2.45) is 0 Å². The van der Waals surface area contributed by atoms with Crippen LogP contribution in [0.3, 0.4) is 0 Å². The highest BCUT2D eigenvalue weighted by Gasteiger charge is 2.16. The van der Waals surface area contributed by atoms with Gasteiger partial charge < -0.3 is 19.8 Å². The summed E-state index contributed by atoms with van der Waals surface area (Å²) >= 11 is 3.34. The summed E-state index contributed by atoms with van der Waals surface area (Å²) in [5.74, 6) is -2.18. The van der Waals surface area contributed by atoms with E-state index in [9.17, 15) is 18.8 Å². The Labute approximate surface area is 179 Å². The summed E-state index contributed by atoms with van der Waals surface area (Å²) in [6.07, 6.45) is 3.22. The molecule has 2 heterocycles. The summed E-state index contributed by atoms with van der Waals surface area (Å²) in [7, 11) is 0. The van der Waals surface area contributed by atoms with Crippen LogP contribution in [0.25, 0.3) is 5.65 Å². The van der Waals surface area contributed by atoms with Gasteiger partial charge in [-0.1, -0.05) is 12.1 Å². The Hall–Kier alpha value is -3.27. The van der Waals surface area contributed by atoms with Gasteiger partial charge in [-0.2, -0.15) is 0 Å². The number of nitrogens with zero attached hydrogens (tertiary/aromatic N) is 2. The molecule has 0 spiro atoms. The smallest absolute Gasteiger partial charge is 0.359 e. The van der Waals surface area contributed by atoms with Crippen molar-refractivity contribution in [1.82, 2.24) is 20.0 Å². The molecule has 0 saturated carbocycles. The Balaban J connectivity index is 1.43. The molecular formula is C20H18BrFN4O4. The number of ether oxygens (including phenoxy) is 1. The van der Waals surface area contributed by atoms with Crippen LogP contribution in [0, 0.1) is 5.82 Å². The third-order valence-corrected chi connectivity index (χ3v) is 4.79. The van der Waals surface area contributed by atoms with Gasteiger partial charge in [0.05, 0.1) is 17.1 Å². The lowest BCUT2D eigenvalue weighted by Crippen LogP contribution is -2.39. The summed E-state index contributed by atoms with van der Waals surface area (Å²) in [5.41, 5.74) is 1.32. The first kappa shape index (κ1) is 21.4. The first-order valence-electron chi connectivity index (χ1n) is 8.95. The number of imidazole rings is 1. The molecule has 2 amide bonds. The summed E-state index contributed by atoms with van der Waals surface area (Å²) in [4.78, 5) is 40.1. The summed E-state index contributed by atoms with van der Waals surface area (Å²) < 4.78 is 20.3. The highest BCUT2D eigenvalue weighted by atomic mass is 79.9. The van der Waals surface area contributed by atoms with Gasteiger partial charge in [0.1, 0.15) is 5.82 Å². The number of carbonyl (C=O) groups is 3. The van der Waals surface area contributed by atoms with Crippen LogP contribution in [0.15, 0.2) is 53.3 Å². The second-order valence-electron chi connectivity index (χ2n) is 6.41. The van der Waals surface area contributed by atoms with Gasteiger partial charge >= 0.3 is 5.97 Å². The Morgan fingerprint density at radius 3 is 2.63 bits per heavy atom. The highest BCUT2D eigenvalue weighted by Crippen LogP contribution is 2.17. The monoisotopic (exact) mass is 476 g/mol. The summed E-state index contributed by atoms with van der Waals surface area (Å²) in [6.45, 7) is 0.903. The molecule has 0 aliphatic rings. The Bertz CT molecular complexity index is 1080. The van der Waals surface area contributed by atoms with E-state index in [1.807, 2.05) is 0 Å². The molecule has 8 nitrogen and oxygen atoms in total. The van der Waals surface area contributed by atoms with Crippen molar-refractivity contribution in [3.05, 3.63) is 70.3 Å². The van der Waals surface area contributed by atoms with Crippen molar-refractivity contribution in [2.75, 3.05) is 13.2 Å². The molecule has 2 aromatic heterocycles. The molecule has 156 valence electrons. The molecule has 10 heteroatoms. The largest absolute Gasteiger partial charge is 0.451 e. The first-order chi connectivity index (χ1) is 14.3. The number of nitrogens with one attached hydrogen (secondary N) is 2. The fourth-order valence-corrected chi connectivity index (χ4v) is 3.09. The van der Waals surface area contributed by atoms with Gasteiger partial charge in [0.25, 0.3) is 5.91 Å². The first-order valence-corrected chi connectivity index (χ1v) is 9.74. The fraction of sp³-hybridized carbons (Fsp3) is 0.200. The van der Waals surface area contributed by atoms with Crippen molar-refractivity contribution in [3.8, 4) is 0 Å². The van der Waals surface area contributed by atoms with E-state index in [4.69, 9.17) is 4.74 Å². The molecule has 1 atom stereocenters. The number of amides is 2. The van der Waals surface area contributed by atoms with E-state index in [1.165, 1.54) is 18.3 Å². The molecule has 0 aliphatic carbocycles. The lowest BCUT2D eigenvalue weighted by atomic mass is 10.1. The van der Waals surface area contributed by atoms with E-state index >= 15 is 0 Å². The van der Waals surface area contributed by atoms with E-state index < -0.39 is 24.4 Å². The van der Waals surface area contributed by atoms with Gasteiger partial charge in [0, 0.05) is 12.4 Å². The second kappa shape index (κ2) is 9.49. The van der Waals surface area contributed by atoms with Gasteiger partial charge in [-0.05, 0) is 52.7 Å². The van der Waals surface area contributed by atoms with Gasteiger partial charge in [-0.25, -0.2) is 14.2 Å². The van der Waals surface area contributed by atoms with Crippen molar-refractivity contribution >= 4 is 39.4 Å². The van der Waals surface area contributed by atoms with Crippen LogP contribution in [0.4, 0.5) is 4.39 Å². The number of aromatic nitrogens is 2. The third-order valence-electron chi connectivity index (χ3n) is 4.17.